The van der Waals surface area contributed by atoms with Crippen LogP contribution in [0.15, 0.2) is 18.4 Å². The van der Waals surface area contributed by atoms with Crippen molar-refractivity contribution in [3.8, 4) is 5.75 Å². The molecule has 90 valence electrons. The lowest BCUT2D eigenvalue weighted by molar-refractivity contribution is 0.0992. The van der Waals surface area contributed by atoms with Crippen LogP contribution < -0.4 is 4.74 Å². The molecule has 0 saturated carbocycles. The van der Waals surface area contributed by atoms with Gasteiger partial charge in [0.15, 0.2) is 5.78 Å². The molecule has 1 aliphatic carbocycles. The summed E-state index contributed by atoms with van der Waals surface area (Å²) in [6.07, 6.45) is 4.94. The van der Waals surface area contributed by atoms with Gasteiger partial charge in [-0.05, 0) is 36.6 Å². The molecule has 1 aromatic rings. The zero-order chi connectivity index (χ0) is 12.3. The lowest BCUT2D eigenvalue weighted by Gasteiger charge is -2.08. The molecule has 0 spiro atoms. The van der Waals surface area contributed by atoms with Crippen molar-refractivity contribution in [1.29, 1.82) is 0 Å². The Balaban J connectivity index is 2.40. The topological polar surface area (TPSA) is 35.5 Å². The highest BCUT2D eigenvalue weighted by Gasteiger charge is 2.25. The monoisotopic (exact) mass is 232 g/mol. The molecule has 3 heteroatoms. The molecular weight excluding hydrogens is 216 g/mol. The molecule has 2 rings (SSSR count). The van der Waals surface area contributed by atoms with Gasteiger partial charge in [-0.2, -0.15) is 0 Å². The molecule has 0 unspecified atom stereocenters. The van der Waals surface area contributed by atoms with Gasteiger partial charge in [0.05, 0.1) is 25.5 Å². The summed E-state index contributed by atoms with van der Waals surface area (Å²) >= 11 is 0. The molecule has 3 nitrogen and oxygen atoms in total. The van der Waals surface area contributed by atoms with E-state index >= 15 is 0 Å². The van der Waals surface area contributed by atoms with Gasteiger partial charge in [0.2, 0.25) is 0 Å². The molecule has 0 fully saturated rings. The van der Waals surface area contributed by atoms with E-state index < -0.39 is 0 Å². The molecule has 0 amide bonds. The predicted molar refractivity (Wildman–Crippen MR) is 66.3 cm³/mol. The Morgan fingerprint density at radius 1 is 1.35 bits per heavy atom. The third-order valence-corrected chi connectivity index (χ3v) is 2.92. The number of hydrogen-bond acceptors (Lipinski definition) is 3. The van der Waals surface area contributed by atoms with Gasteiger partial charge in [-0.3, -0.25) is 4.79 Å². The third-order valence-electron chi connectivity index (χ3n) is 2.92. The van der Waals surface area contributed by atoms with Crippen LogP contribution in [-0.2, 0) is 11.2 Å². The lowest BCUT2D eigenvalue weighted by Crippen LogP contribution is -1.98. The summed E-state index contributed by atoms with van der Waals surface area (Å²) in [4.78, 5) is 11.8. The van der Waals surface area contributed by atoms with Crippen LogP contribution in [-0.4, -0.2) is 19.5 Å². The number of ketones is 1. The van der Waals surface area contributed by atoms with Crippen molar-refractivity contribution in [1.82, 2.24) is 0 Å². The van der Waals surface area contributed by atoms with Crippen LogP contribution in [0.2, 0.25) is 0 Å². The van der Waals surface area contributed by atoms with Crippen molar-refractivity contribution in [3.05, 3.63) is 35.1 Å². The van der Waals surface area contributed by atoms with Crippen molar-refractivity contribution in [2.24, 2.45) is 0 Å². The highest BCUT2D eigenvalue weighted by atomic mass is 16.5. The minimum atomic E-state index is 0.170. The molecule has 0 atom stereocenters. The fourth-order valence-electron chi connectivity index (χ4n) is 2.12. The van der Waals surface area contributed by atoms with E-state index in [1.807, 2.05) is 25.1 Å². The molecule has 0 saturated heterocycles. The largest absolute Gasteiger partial charge is 0.501 e. The van der Waals surface area contributed by atoms with Crippen LogP contribution >= 0.6 is 0 Å². The number of carbonyl (C=O) groups excluding carboxylic acids is 1. The molecular formula is C14H16O3. The number of rotatable bonds is 4. The molecule has 0 N–H and O–H groups in total. The van der Waals surface area contributed by atoms with Crippen LogP contribution in [0.3, 0.4) is 0 Å². The second-order valence-electron chi connectivity index (χ2n) is 3.89. The van der Waals surface area contributed by atoms with E-state index in [1.165, 1.54) is 0 Å². The molecule has 17 heavy (non-hydrogen) atoms. The van der Waals surface area contributed by atoms with Gasteiger partial charge in [0.25, 0.3) is 0 Å². The molecule has 1 aromatic carbocycles. The van der Waals surface area contributed by atoms with E-state index in [0.29, 0.717) is 18.8 Å². The van der Waals surface area contributed by atoms with E-state index in [4.69, 9.17) is 9.47 Å². The number of carbonyl (C=O) groups is 1. The fourth-order valence-corrected chi connectivity index (χ4v) is 2.12. The van der Waals surface area contributed by atoms with Crippen LogP contribution in [0.1, 0.15) is 34.8 Å². The summed E-state index contributed by atoms with van der Waals surface area (Å²) in [5.41, 5.74) is 2.86. The van der Waals surface area contributed by atoms with Gasteiger partial charge in [0.1, 0.15) is 5.75 Å². The Morgan fingerprint density at radius 2 is 2.18 bits per heavy atom. The lowest BCUT2D eigenvalue weighted by atomic mass is 10.0. The molecule has 0 heterocycles. The van der Waals surface area contributed by atoms with Crippen LogP contribution in [0.5, 0.6) is 5.75 Å². The van der Waals surface area contributed by atoms with Crippen molar-refractivity contribution in [2.75, 3.05) is 13.7 Å². The van der Waals surface area contributed by atoms with Gasteiger partial charge in [0, 0.05) is 6.42 Å². The molecule has 0 aromatic heterocycles. The average Bonchev–Trinajstić information content (AvgIpc) is 2.73. The van der Waals surface area contributed by atoms with Gasteiger partial charge in [-0.25, -0.2) is 0 Å². The zero-order valence-corrected chi connectivity index (χ0v) is 10.2. The third kappa shape index (κ3) is 2.18. The number of benzene rings is 1. The van der Waals surface area contributed by atoms with Crippen molar-refractivity contribution < 1.29 is 14.3 Å². The first-order chi connectivity index (χ1) is 8.27. The minimum absolute atomic E-state index is 0.170. The minimum Gasteiger partial charge on any atom is -0.501 e. The van der Waals surface area contributed by atoms with Gasteiger partial charge in [-0.15, -0.1) is 0 Å². The standard InChI is InChI=1S/C14H16O3/c1-3-17-9-8-10-4-7-13(16-2)14-11(10)5-6-12(14)15/h4,7-9H,3,5-6H2,1-2H3/b9-8+. The first-order valence-corrected chi connectivity index (χ1v) is 5.79. The molecule has 1 aliphatic rings. The normalized spacial score (nSPS) is 14.1. The Bertz CT molecular complexity index is 461. The number of methoxy groups -OCH3 is 1. The number of ether oxygens (including phenoxy) is 2. The van der Waals surface area contributed by atoms with Gasteiger partial charge >= 0.3 is 0 Å². The number of Topliss-reactive ketones (excluding diaryl/α,β-unsaturated/α-hetero) is 1. The summed E-state index contributed by atoms with van der Waals surface area (Å²) < 4.78 is 10.4. The van der Waals surface area contributed by atoms with Gasteiger partial charge < -0.3 is 9.47 Å². The van der Waals surface area contributed by atoms with E-state index in [-0.39, 0.29) is 5.78 Å². The molecule has 0 radical (unpaired) electrons. The maximum atomic E-state index is 11.8. The maximum absolute atomic E-state index is 11.8. The van der Waals surface area contributed by atoms with Crippen LogP contribution in [0.25, 0.3) is 6.08 Å². The first-order valence-electron chi connectivity index (χ1n) is 5.79. The quantitative estimate of drug-likeness (QED) is 0.749. The van der Waals surface area contributed by atoms with E-state index in [9.17, 15) is 4.79 Å². The maximum Gasteiger partial charge on any atom is 0.167 e. The fraction of sp³-hybridized carbons (Fsp3) is 0.357. The molecule has 0 bridgehead atoms. The zero-order valence-electron chi connectivity index (χ0n) is 10.2. The van der Waals surface area contributed by atoms with Crippen LogP contribution in [0, 0.1) is 0 Å². The second-order valence-corrected chi connectivity index (χ2v) is 3.89. The molecule has 0 aliphatic heterocycles. The Morgan fingerprint density at radius 3 is 2.88 bits per heavy atom. The average molecular weight is 232 g/mol. The van der Waals surface area contributed by atoms with Crippen molar-refractivity contribution in [2.45, 2.75) is 19.8 Å². The van der Waals surface area contributed by atoms with Gasteiger partial charge in [-0.1, -0.05) is 6.07 Å². The van der Waals surface area contributed by atoms with Crippen molar-refractivity contribution in [3.63, 3.8) is 0 Å². The second kappa shape index (κ2) is 5.04. The first kappa shape index (κ1) is 11.7. The van der Waals surface area contributed by atoms with E-state index in [0.717, 1.165) is 23.1 Å². The highest BCUT2D eigenvalue weighted by Crippen LogP contribution is 2.33. The Kier molecular flexibility index (Phi) is 3.47. The summed E-state index contributed by atoms with van der Waals surface area (Å²) in [6.45, 7) is 2.58. The highest BCUT2D eigenvalue weighted by molar-refractivity contribution is 6.03. The summed E-state index contributed by atoms with van der Waals surface area (Å²) in [5.74, 6) is 0.847. The SMILES string of the molecule is CCO/C=C/c1ccc(OC)c2c1CCC2=O. The summed E-state index contributed by atoms with van der Waals surface area (Å²) in [7, 11) is 1.59. The summed E-state index contributed by atoms with van der Waals surface area (Å²) in [5, 5.41) is 0. The van der Waals surface area contributed by atoms with Crippen LogP contribution in [0.4, 0.5) is 0 Å². The summed E-state index contributed by atoms with van der Waals surface area (Å²) in [6, 6.07) is 3.81. The van der Waals surface area contributed by atoms with E-state index in [2.05, 4.69) is 0 Å². The number of fused-ring (bicyclic) bond motifs is 1. The predicted octanol–water partition coefficient (Wildman–Crippen LogP) is 2.83. The Hall–Kier alpha value is -1.77. The smallest absolute Gasteiger partial charge is 0.167 e. The Labute approximate surface area is 101 Å². The van der Waals surface area contributed by atoms with E-state index in [1.54, 1.807) is 13.4 Å². The van der Waals surface area contributed by atoms with Crippen molar-refractivity contribution >= 4 is 11.9 Å². The number of hydrogen-bond donors (Lipinski definition) is 0.